The third-order valence-electron chi connectivity index (χ3n) is 3.45. The molecule has 2 rings (SSSR count). The molecule has 7 nitrogen and oxygen atoms in total. The minimum absolute atomic E-state index is 0.0964. The quantitative estimate of drug-likeness (QED) is 0.394. The van der Waals surface area contributed by atoms with Crippen LogP contribution in [0.15, 0.2) is 30.3 Å². The Kier molecular flexibility index (Phi) is 7.15. The van der Waals surface area contributed by atoms with Crippen molar-refractivity contribution >= 4 is 11.9 Å². The lowest BCUT2D eigenvalue weighted by Gasteiger charge is -2.11. The maximum atomic E-state index is 11.7. The van der Waals surface area contributed by atoms with Crippen LogP contribution in [-0.4, -0.2) is 50.4 Å². The molecule has 0 saturated carbocycles. The van der Waals surface area contributed by atoms with Gasteiger partial charge in [0.05, 0.1) is 32.5 Å². The SMILES string of the molecule is NCC(=O)OC(=O)[C@H]1C[C@@H](OCCOCc2ccccc2)CN1. The first-order valence-corrected chi connectivity index (χ1v) is 7.60. The number of ether oxygens (including phenoxy) is 3. The third-order valence-corrected chi connectivity index (χ3v) is 3.45. The van der Waals surface area contributed by atoms with Crippen molar-refractivity contribution in [3.8, 4) is 0 Å². The summed E-state index contributed by atoms with van der Waals surface area (Å²) in [5.41, 5.74) is 6.21. The number of nitrogens with two attached hydrogens (primary N) is 1. The van der Waals surface area contributed by atoms with Gasteiger partial charge in [-0.3, -0.25) is 4.79 Å². The molecule has 1 aliphatic rings. The number of rotatable bonds is 8. The van der Waals surface area contributed by atoms with Gasteiger partial charge in [-0.1, -0.05) is 30.3 Å². The Hall–Kier alpha value is -1.80. The predicted molar refractivity (Wildman–Crippen MR) is 82.4 cm³/mol. The molecule has 0 aliphatic carbocycles. The van der Waals surface area contributed by atoms with E-state index in [-0.39, 0.29) is 12.6 Å². The Morgan fingerprint density at radius 2 is 2.00 bits per heavy atom. The van der Waals surface area contributed by atoms with E-state index in [0.717, 1.165) is 5.56 Å². The fraction of sp³-hybridized carbons (Fsp3) is 0.500. The minimum Gasteiger partial charge on any atom is -0.391 e. The van der Waals surface area contributed by atoms with Crippen molar-refractivity contribution in [2.24, 2.45) is 5.73 Å². The molecular formula is C16H22N2O5. The predicted octanol–water partition coefficient (Wildman–Crippen LogP) is -0.0212. The summed E-state index contributed by atoms with van der Waals surface area (Å²) in [5.74, 6) is -1.33. The van der Waals surface area contributed by atoms with Crippen LogP contribution in [-0.2, 0) is 30.4 Å². The van der Waals surface area contributed by atoms with Crippen LogP contribution in [0.25, 0.3) is 0 Å². The van der Waals surface area contributed by atoms with Crippen LogP contribution in [0.2, 0.25) is 0 Å². The average molecular weight is 322 g/mol. The summed E-state index contributed by atoms with van der Waals surface area (Å²) in [6.07, 6.45) is 0.371. The first-order chi connectivity index (χ1) is 11.2. The van der Waals surface area contributed by atoms with Gasteiger partial charge in [-0.05, 0) is 5.56 Å². The van der Waals surface area contributed by atoms with E-state index < -0.39 is 18.0 Å². The minimum atomic E-state index is -0.726. The molecule has 0 unspecified atom stereocenters. The van der Waals surface area contributed by atoms with Crippen LogP contribution in [0.1, 0.15) is 12.0 Å². The van der Waals surface area contributed by atoms with Crippen molar-refractivity contribution in [1.29, 1.82) is 0 Å². The molecule has 0 aromatic heterocycles. The van der Waals surface area contributed by atoms with E-state index in [0.29, 0.717) is 32.8 Å². The van der Waals surface area contributed by atoms with Crippen molar-refractivity contribution in [2.45, 2.75) is 25.2 Å². The Morgan fingerprint density at radius 3 is 2.74 bits per heavy atom. The van der Waals surface area contributed by atoms with Gasteiger partial charge >= 0.3 is 11.9 Å². The van der Waals surface area contributed by atoms with Crippen LogP contribution in [0.5, 0.6) is 0 Å². The van der Waals surface area contributed by atoms with E-state index in [2.05, 4.69) is 10.1 Å². The molecule has 1 aromatic rings. The van der Waals surface area contributed by atoms with Crippen molar-refractivity contribution in [3.63, 3.8) is 0 Å². The van der Waals surface area contributed by atoms with Gasteiger partial charge in [0, 0.05) is 13.0 Å². The van der Waals surface area contributed by atoms with E-state index >= 15 is 0 Å². The lowest BCUT2D eigenvalue weighted by molar-refractivity contribution is -0.160. The Labute approximate surface area is 135 Å². The van der Waals surface area contributed by atoms with Crippen LogP contribution in [0, 0.1) is 0 Å². The zero-order valence-electron chi connectivity index (χ0n) is 12.9. The van der Waals surface area contributed by atoms with Gasteiger partial charge in [0.1, 0.15) is 6.04 Å². The first-order valence-electron chi connectivity index (χ1n) is 7.60. The fourth-order valence-corrected chi connectivity index (χ4v) is 2.27. The number of benzene rings is 1. The van der Waals surface area contributed by atoms with Gasteiger partial charge in [-0.2, -0.15) is 0 Å². The number of esters is 2. The zero-order chi connectivity index (χ0) is 16.5. The van der Waals surface area contributed by atoms with Crippen molar-refractivity contribution in [1.82, 2.24) is 5.32 Å². The molecule has 3 N–H and O–H groups in total. The Morgan fingerprint density at radius 1 is 1.22 bits per heavy atom. The highest BCUT2D eigenvalue weighted by atomic mass is 16.6. The molecule has 23 heavy (non-hydrogen) atoms. The summed E-state index contributed by atoms with van der Waals surface area (Å²) in [6.45, 7) is 1.70. The van der Waals surface area contributed by atoms with Gasteiger partial charge in [-0.25, -0.2) is 4.79 Å². The van der Waals surface area contributed by atoms with Gasteiger partial charge in [0.25, 0.3) is 0 Å². The van der Waals surface area contributed by atoms with Crippen LogP contribution in [0.4, 0.5) is 0 Å². The van der Waals surface area contributed by atoms with Gasteiger partial charge < -0.3 is 25.3 Å². The highest BCUT2D eigenvalue weighted by Crippen LogP contribution is 2.12. The van der Waals surface area contributed by atoms with Crippen LogP contribution < -0.4 is 11.1 Å². The van der Waals surface area contributed by atoms with Gasteiger partial charge in [0.2, 0.25) is 0 Å². The first kappa shape index (κ1) is 17.6. The molecule has 0 radical (unpaired) electrons. The highest BCUT2D eigenvalue weighted by molar-refractivity contribution is 5.89. The molecule has 0 spiro atoms. The second-order valence-corrected chi connectivity index (χ2v) is 5.22. The summed E-state index contributed by atoms with van der Waals surface area (Å²) in [5, 5.41) is 2.97. The maximum Gasteiger partial charge on any atom is 0.330 e. The topological polar surface area (TPSA) is 99.9 Å². The standard InChI is InChI=1S/C16H22N2O5/c17-9-15(19)23-16(20)14-8-13(10-18-14)22-7-6-21-11-12-4-2-1-3-5-12/h1-5,13-14,18H,6-11,17H2/t13-,14-/m1/s1. The number of hydrogen-bond acceptors (Lipinski definition) is 7. The van der Waals surface area contributed by atoms with E-state index in [9.17, 15) is 9.59 Å². The molecule has 0 amide bonds. The monoisotopic (exact) mass is 322 g/mol. The highest BCUT2D eigenvalue weighted by Gasteiger charge is 2.32. The number of carbonyl (C=O) groups excluding carboxylic acids is 2. The van der Waals surface area contributed by atoms with Gasteiger partial charge in [-0.15, -0.1) is 0 Å². The Bertz CT molecular complexity index is 508. The van der Waals surface area contributed by atoms with Crippen LogP contribution in [0.3, 0.4) is 0 Å². The van der Waals surface area contributed by atoms with Crippen LogP contribution >= 0.6 is 0 Å². The smallest absolute Gasteiger partial charge is 0.330 e. The van der Waals surface area contributed by atoms with Crippen molar-refractivity contribution in [3.05, 3.63) is 35.9 Å². The molecule has 1 fully saturated rings. The largest absolute Gasteiger partial charge is 0.391 e. The molecule has 1 aliphatic heterocycles. The summed E-state index contributed by atoms with van der Waals surface area (Å²) in [6, 6.07) is 9.37. The van der Waals surface area contributed by atoms with E-state index in [1.807, 2.05) is 30.3 Å². The molecular weight excluding hydrogens is 300 g/mol. The summed E-state index contributed by atoms with van der Waals surface area (Å²) < 4.78 is 15.8. The number of nitrogens with one attached hydrogen (secondary N) is 1. The second-order valence-electron chi connectivity index (χ2n) is 5.22. The zero-order valence-corrected chi connectivity index (χ0v) is 12.9. The summed E-state index contributed by atoms with van der Waals surface area (Å²) >= 11 is 0. The normalized spacial score (nSPS) is 20.4. The second kappa shape index (κ2) is 9.36. The molecule has 126 valence electrons. The lowest BCUT2D eigenvalue weighted by Crippen LogP contribution is -2.35. The summed E-state index contributed by atoms with van der Waals surface area (Å²) in [7, 11) is 0. The summed E-state index contributed by atoms with van der Waals surface area (Å²) in [4.78, 5) is 22.6. The maximum absolute atomic E-state index is 11.7. The molecule has 1 saturated heterocycles. The van der Waals surface area contributed by atoms with E-state index in [4.69, 9.17) is 15.2 Å². The Balaban J connectivity index is 1.57. The van der Waals surface area contributed by atoms with Crippen molar-refractivity contribution < 1.29 is 23.8 Å². The van der Waals surface area contributed by atoms with E-state index in [1.165, 1.54) is 0 Å². The number of hydrogen-bond donors (Lipinski definition) is 2. The molecule has 7 heteroatoms. The lowest BCUT2D eigenvalue weighted by atomic mass is 10.2. The fourth-order valence-electron chi connectivity index (χ4n) is 2.27. The molecule has 1 heterocycles. The third kappa shape index (κ3) is 6.07. The molecule has 2 atom stereocenters. The number of carbonyl (C=O) groups is 2. The molecule has 1 aromatic carbocycles. The molecule has 0 bridgehead atoms. The van der Waals surface area contributed by atoms with Crippen molar-refractivity contribution in [2.75, 3.05) is 26.3 Å². The van der Waals surface area contributed by atoms with E-state index in [1.54, 1.807) is 0 Å². The van der Waals surface area contributed by atoms with Gasteiger partial charge in [0.15, 0.2) is 0 Å². The average Bonchev–Trinajstić information content (AvgIpc) is 3.04.